The van der Waals surface area contributed by atoms with E-state index in [2.05, 4.69) is 0 Å². The second-order valence-corrected chi connectivity index (χ2v) is 5.67. The minimum Gasteiger partial charge on any atom is -0.478 e. The molecule has 19 heavy (non-hydrogen) atoms. The number of aryl methyl sites for hydroxylation is 1. The summed E-state index contributed by atoms with van der Waals surface area (Å²) in [6, 6.07) is 0. The lowest BCUT2D eigenvalue weighted by atomic mass is 10.1. The largest absolute Gasteiger partial charge is 0.478 e. The van der Waals surface area contributed by atoms with Crippen LogP contribution in [0.15, 0.2) is 11.1 Å². The predicted octanol–water partition coefficient (Wildman–Crippen LogP) is 2.27. The van der Waals surface area contributed by atoms with Crippen molar-refractivity contribution in [2.24, 2.45) is 0 Å². The summed E-state index contributed by atoms with van der Waals surface area (Å²) in [5.74, 6) is -2.00. The van der Waals surface area contributed by atoms with Crippen molar-refractivity contribution in [3.63, 3.8) is 0 Å². The zero-order valence-electron chi connectivity index (χ0n) is 11.0. The van der Waals surface area contributed by atoms with E-state index in [1.807, 2.05) is 0 Å². The zero-order valence-corrected chi connectivity index (χ0v) is 11.8. The fourth-order valence-corrected chi connectivity index (χ4v) is 3.10. The van der Waals surface area contributed by atoms with Crippen LogP contribution in [0.2, 0.25) is 0 Å². The quantitative estimate of drug-likeness (QED) is 0.843. The van der Waals surface area contributed by atoms with Crippen molar-refractivity contribution in [1.29, 1.82) is 0 Å². The van der Waals surface area contributed by atoms with Crippen LogP contribution in [0.5, 0.6) is 0 Å². The Hall–Kier alpha value is -1.95. The number of nitrogens with zero attached hydrogens (tertiary/aromatic N) is 1. The number of hydrogen-bond acceptors (Lipinski definition) is 4. The van der Waals surface area contributed by atoms with Crippen LogP contribution < -0.4 is 4.90 Å². The average molecular weight is 279 g/mol. The minimum absolute atomic E-state index is 0.0340. The third-order valence-corrected chi connectivity index (χ3v) is 4.59. The lowest BCUT2D eigenvalue weighted by Crippen LogP contribution is -2.31. The highest BCUT2D eigenvalue weighted by Gasteiger charge is 2.38. The predicted molar refractivity (Wildman–Crippen MR) is 71.6 cm³/mol. The first-order valence-corrected chi connectivity index (χ1v) is 6.48. The molecule has 2 amide bonds. The van der Waals surface area contributed by atoms with E-state index in [1.54, 1.807) is 27.7 Å². The van der Waals surface area contributed by atoms with Crippen LogP contribution in [0, 0.1) is 13.8 Å². The van der Waals surface area contributed by atoms with Crippen molar-refractivity contribution in [2.45, 2.75) is 27.7 Å². The molecule has 2 rings (SSSR count). The molecule has 0 radical (unpaired) electrons. The molecule has 0 atom stereocenters. The highest BCUT2D eigenvalue weighted by Crippen LogP contribution is 2.38. The second kappa shape index (κ2) is 4.31. The number of amides is 2. The number of carbonyl (C=O) groups excluding carboxylic acids is 2. The van der Waals surface area contributed by atoms with Gasteiger partial charge in [0, 0.05) is 16.0 Å². The molecule has 100 valence electrons. The van der Waals surface area contributed by atoms with Crippen molar-refractivity contribution in [1.82, 2.24) is 0 Å². The van der Waals surface area contributed by atoms with Gasteiger partial charge in [-0.25, -0.2) is 9.69 Å². The number of thiophene rings is 1. The van der Waals surface area contributed by atoms with Crippen molar-refractivity contribution < 1.29 is 19.5 Å². The summed E-state index contributed by atoms with van der Waals surface area (Å²) in [7, 11) is 0. The van der Waals surface area contributed by atoms with Crippen LogP contribution in [-0.4, -0.2) is 22.9 Å². The molecule has 5 nitrogen and oxygen atoms in total. The third kappa shape index (κ3) is 1.79. The van der Waals surface area contributed by atoms with Crippen LogP contribution in [0.3, 0.4) is 0 Å². The number of imide groups is 1. The van der Waals surface area contributed by atoms with Crippen LogP contribution in [0.4, 0.5) is 5.00 Å². The van der Waals surface area contributed by atoms with Crippen molar-refractivity contribution in [2.75, 3.05) is 4.90 Å². The summed E-state index contributed by atoms with van der Waals surface area (Å²) >= 11 is 1.15. The molecule has 6 heteroatoms. The molecule has 0 unspecified atom stereocenters. The van der Waals surface area contributed by atoms with Crippen LogP contribution in [-0.2, 0) is 9.59 Å². The molecule has 1 N–H and O–H groups in total. The Labute approximate surface area is 114 Å². The number of rotatable bonds is 2. The Morgan fingerprint density at radius 2 is 1.53 bits per heavy atom. The molecule has 0 fully saturated rings. The summed E-state index contributed by atoms with van der Waals surface area (Å²) in [6.45, 7) is 6.59. The van der Waals surface area contributed by atoms with Gasteiger partial charge in [-0.1, -0.05) is 0 Å². The fraction of sp³-hybridized carbons (Fsp3) is 0.308. The molecule has 2 heterocycles. The van der Waals surface area contributed by atoms with Gasteiger partial charge >= 0.3 is 5.97 Å². The van der Waals surface area contributed by atoms with E-state index in [0.717, 1.165) is 21.1 Å². The first kappa shape index (κ1) is 13.5. The van der Waals surface area contributed by atoms with E-state index in [4.69, 9.17) is 0 Å². The lowest BCUT2D eigenvalue weighted by Gasteiger charge is -2.13. The van der Waals surface area contributed by atoms with Gasteiger partial charge in [0.05, 0.1) is 5.56 Å². The molecule has 1 aliphatic rings. The van der Waals surface area contributed by atoms with Gasteiger partial charge in [-0.3, -0.25) is 9.59 Å². The number of hydrogen-bond donors (Lipinski definition) is 1. The number of carboxylic acids is 1. The zero-order chi connectivity index (χ0) is 14.5. The fourth-order valence-electron chi connectivity index (χ4n) is 1.95. The third-order valence-electron chi connectivity index (χ3n) is 3.39. The number of carbonyl (C=O) groups is 3. The molecule has 1 aromatic heterocycles. The van der Waals surface area contributed by atoms with Gasteiger partial charge in [0.2, 0.25) is 0 Å². The van der Waals surface area contributed by atoms with Gasteiger partial charge in [0.25, 0.3) is 11.8 Å². The van der Waals surface area contributed by atoms with E-state index >= 15 is 0 Å². The summed E-state index contributed by atoms with van der Waals surface area (Å²) in [4.78, 5) is 37.3. The Balaban J connectivity index is 2.63. The van der Waals surface area contributed by atoms with Crippen molar-refractivity contribution in [3.05, 3.63) is 27.2 Å². The molecule has 0 spiro atoms. The topological polar surface area (TPSA) is 74.7 Å². The maximum Gasteiger partial charge on any atom is 0.339 e. The standard InChI is InChI=1S/C13H13NO4S/c1-5-6(2)11(16)14(10(5)15)12-9(13(17)18)7(3)8(4)19-12/h1-4H3,(H,17,18). The summed E-state index contributed by atoms with van der Waals surface area (Å²) in [5.41, 5.74) is 1.36. The van der Waals surface area contributed by atoms with Gasteiger partial charge < -0.3 is 5.11 Å². The highest BCUT2D eigenvalue weighted by atomic mass is 32.1. The monoisotopic (exact) mass is 279 g/mol. The van der Waals surface area contributed by atoms with Gasteiger partial charge in [-0.15, -0.1) is 11.3 Å². The highest BCUT2D eigenvalue weighted by molar-refractivity contribution is 7.17. The van der Waals surface area contributed by atoms with E-state index in [9.17, 15) is 19.5 Å². The molecule has 0 bridgehead atoms. The second-order valence-electron chi connectivity index (χ2n) is 4.46. The Kier molecular flexibility index (Phi) is 3.06. The van der Waals surface area contributed by atoms with Gasteiger partial charge in [0.1, 0.15) is 5.00 Å². The molecule has 1 aliphatic heterocycles. The summed E-state index contributed by atoms with van der Waals surface area (Å²) in [5, 5.41) is 9.47. The normalized spacial score (nSPS) is 15.7. The Morgan fingerprint density at radius 1 is 1.05 bits per heavy atom. The van der Waals surface area contributed by atoms with E-state index in [0.29, 0.717) is 16.7 Å². The molecule has 0 aromatic carbocycles. The number of aromatic carboxylic acids is 1. The molecule has 1 aromatic rings. The van der Waals surface area contributed by atoms with Gasteiger partial charge in [0.15, 0.2) is 0 Å². The van der Waals surface area contributed by atoms with Crippen LogP contribution in [0.25, 0.3) is 0 Å². The molecule has 0 aliphatic carbocycles. The Bertz CT molecular complexity index is 630. The van der Waals surface area contributed by atoms with Crippen LogP contribution in [0.1, 0.15) is 34.6 Å². The molecular formula is C13H13NO4S. The summed E-state index contributed by atoms with van der Waals surface area (Å²) in [6.07, 6.45) is 0. The van der Waals surface area contributed by atoms with Crippen LogP contribution >= 0.6 is 11.3 Å². The Morgan fingerprint density at radius 3 is 1.95 bits per heavy atom. The smallest absolute Gasteiger partial charge is 0.339 e. The van der Waals surface area contributed by atoms with E-state index in [1.165, 1.54) is 0 Å². The number of carboxylic acid groups (broad SMARTS) is 1. The lowest BCUT2D eigenvalue weighted by molar-refractivity contribution is -0.120. The minimum atomic E-state index is -1.13. The van der Waals surface area contributed by atoms with Gasteiger partial charge in [-0.05, 0) is 33.3 Å². The number of anilines is 1. The summed E-state index contributed by atoms with van der Waals surface area (Å²) < 4.78 is 0. The molecule has 0 saturated heterocycles. The van der Waals surface area contributed by atoms with Gasteiger partial charge in [-0.2, -0.15) is 0 Å². The molecule has 0 saturated carbocycles. The SMILES string of the molecule is CC1=C(C)C(=O)N(c2sc(C)c(C)c2C(=O)O)C1=O. The van der Waals surface area contributed by atoms with E-state index < -0.39 is 17.8 Å². The molecular weight excluding hydrogens is 266 g/mol. The van der Waals surface area contributed by atoms with E-state index in [-0.39, 0.29) is 10.6 Å². The van der Waals surface area contributed by atoms with Crippen molar-refractivity contribution >= 4 is 34.1 Å². The first-order valence-electron chi connectivity index (χ1n) is 5.67. The van der Waals surface area contributed by atoms with Crippen molar-refractivity contribution in [3.8, 4) is 0 Å². The maximum atomic E-state index is 12.1. The maximum absolute atomic E-state index is 12.1. The average Bonchev–Trinajstić information content (AvgIpc) is 2.71. The first-order chi connectivity index (χ1) is 8.77.